The molecule has 0 aromatic heterocycles. The molecule has 37 valence electrons. The van der Waals surface area contributed by atoms with Gasteiger partial charge in [-0.05, 0) is 0 Å². The van der Waals surface area contributed by atoms with Gasteiger partial charge in [-0.15, -0.1) is 0 Å². The molecule has 0 bridgehead atoms. The molecule has 0 fully saturated rings. The molecule has 0 saturated heterocycles. The summed E-state index contributed by atoms with van der Waals surface area (Å²) in [5.74, 6) is 0. The SMILES string of the molecule is C[N-]C.[Cl-].[Cl-].[Ti+3]. The Morgan fingerprint density at radius 1 is 1.00 bits per heavy atom. The maximum absolute atomic E-state index is 3.50. The Morgan fingerprint density at radius 2 is 1.00 bits per heavy atom. The molecule has 0 aliphatic carbocycles. The maximum atomic E-state index is 3.50. The van der Waals surface area contributed by atoms with Gasteiger partial charge in [-0.25, -0.2) is 0 Å². The molecule has 1 nitrogen and oxygen atoms in total. The van der Waals surface area contributed by atoms with E-state index in [4.69, 9.17) is 0 Å². The minimum absolute atomic E-state index is 0. The van der Waals surface area contributed by atoms with Crippen LogP contribution in [0.25, 0.3) is 5.32 Å². The van der Waals surface area contributed by atoms with E-state index in [1.165, 1.54) is 0 Å². The largest absolute Gasteiger partial charge is 3.00 e. The van der Waals surface area contributed by atoms with Gasteiger partial charge in [0.2, 0.25) is 0 Å². The maximum Gasteiger partial charge on any atom is 3.00 e. The molecule has 0 aliphatic rings. The third-order valence-electron chi connectivity index (χ3n) is 0. The van der Waals surface area contributed by atoms with Crippen LogP contribution < -0.4 is 24.8 Å². The molecule has 4 heteroatoms. The molecule has 0 rings (SSSR count). The van der Waals surface area contributed by atoms with Crippen LogP contribution in [-0.4, -0.2) is 14.1 Å². The van der Waals surface area contributed by atoms with E-state index in [2.05, 4.69) is 5.32 Å². The van der Waals surface area contributed by atoms with Gasteiger partial charge in [0, 0.05) is 0 Å². The summed E-state index contributed by atoms with van der Waals surface area (Å²) in [6.07, 6.45) is 0. The molecule has 0 aromatic rings. The zero-order valence-corrected chi connectivity index (χ0v) is 6.78. The Bertz CT molecular complexity index is 11.5. The van der Waals surface area contributed by atoms with E-state index in [1.54, 1.807) is 14.1 Å². The molecule has 0 unspecified atom stereocenters. The summed E-state index contributed by atoms with van der Waals surface area (Å²) < 4.78 is 0. The molecule has 1 radical (unpaired) electrons. The van der Waals surface area contributed by atoms with E-state index in [1.807, 2.05) is 0 Å². The summed E-state index contributed by atoms with van der Waals surface area (Å²) >= 11 is 0. The molecule has 0 spiro atoms. The van der Waals surface area contributed by atoms with Gasteiger partial charge in [0.1, 0.15) is 0 Å². The molecule has 0 N–H and O–H groups in total. The van der Waals surface area contributed by atoms with Crippen molar-refractivity contribution >= 4 is 0 Å². The van der Waals surface area contributed by atoms with Crippen LogP contribution in [0.4, 0.5) is 0 Å². The first-order valence-electron chi connectivity index (χ1n) is 0.894. The Labute approximate surface area is 66.0 Å². The Kier molecular flexibility index (Phi) is 152. The summed E-state index contributed by atoms with van der Waals surface area (Å²) in [5, 5.41) is 3.50. The van der Waals surface area contributed by atoms with Crippen LogP contribution >= 0.6 is 0 Å². The second kappa shape index (κ2) is 34.0. The minimum atomic E-state index is 0. The number of hydrogen-bond donors (Lipinski definition) is 0. The van der Waals surface area contributed by atoms with Crippen LogP contribution in [0.5, 0.6) is 0 Å². The first-order chi connectivity index (χ1) is 1.41. The second-order valence-corrected chi connectivity index (χ2v) is 0.447. The van der Waals surface area contributed by atoms with Crippen molar-refractivity contribution in [2.45, 2.75) is 0 Å². The first kappa shape index (κ1) is 26.8. The van der Waals surface area contributed by atoms with Crippen LogP contribution in [0.15, 0.2) is 0 Å². The Morgan fingerprint density at radius 3 is 1.00 bits per heavy atom. The Balaban J connectivity index is -0.00000000667. The average Bonchev–Trinajstić information content (AvgIpc) is 0.918. The number of hydrogen-bond acceptors (Lipinski definition) is 0. The van der Waals surface area contributed by atoms with Crippen LogP contribution in [0, 0.1) is 0 Å². The van der Waals surface area contributed by atoms with Crippen molar-refractivity contribution in [3.63, 3.8) is 0 Å². The topological polar surface area (TPSA) is 14.1 Å². The van der Waals surface area contributed by atoms with Crippen molar-refractivity contribution in [1.29, 1.82) is 0 Å². The summed E-state index contributed by atoms with van der Waals surface area (Å²) in [7, 11) is 3.50. The van der Waals surface area contributed by atoms with Crippen molar-refractivity contribution in [3.8, 4) is 0 Å². The van der Waals surface area contributed by atoms with Crippen molar-refractivity contribution < 1.29 is 46.5 Å². The molecule has 0 aliphatic heterocycles. The molecule has 0 atom stereocenters. The van der Waals surface area contributed by atoms with Crippen LogP contribution in [0.1, 0.15) is 0 Å². The second-order valence-electron chi connectivity index (χ2n) is 0.447. The van der Waals surface area contributed by atoms with Gasteiger partial charge in [0.25, 0.3) is 0 Å². The monoisotopic (exact) mass is 162 g/mol. The fourth-order valence-corrected chi connectivity index (χ4v) is 0. The van der Waals surface area contributed by atoms with E-state index in [-0.39, 0.29) is 46.5 Å². The van der Waals surface area contributed by atoms with Crippen LogP contribution in [0.3, 0.4) is 0 Å². The fourth-order valence-electron chi connectivity index (χ4n) is 0. The fraction of sp³-hybridized carbons (Fsp3) is 1.00. The molecule has 6 heavy (non-hydrogen) atoms. The van der Waals surface area contributed by atoms with Gasteiger partial charge < -0.3 is 30.1 Å². The molecule has 0 heterocycles. The van der Waals surface area contributed by atoms with Crippen molar-refractivity contribution in [3.05, 3.63) is 5.32 Å². The van der Waals surface area contributed by atoms with E-state index < -0.39 is 0 Å². The van der Waals surface area contributed by atoms with Gasteiger partial charge in [-0.3, -0.25) is 0 Å². The van der Waals surface area contributed by atoms with Gasteiger partial charge in [0.05, 0.1) is 0 Å². The average molecular weight is 163 g/mol. The smallest absolute Gasteiger partial charge is 1.00 e. The summed E-state index contributed by atoms with van der Waals surface area (Å²) in [6, 6.07) is 0. The third-order valence-corrected chi connectivity index (χ3v) is 0. The molecule has 0 aromatic carbocycles. The van der Waals surface area contributed by atoms with Crippen molar-refractivity contribution in [2.24, 2.45) is 0 Å². The van der Waals surface area contributed by atoms with Crippen molar-refractivity contribution in [2.75, 3.05) is 14.1 Å². The summed E-state index contributed by atoms with van der Waals surface area (Å²) in [4.78, 5) is 0. The predicted octanol–water partition coefficient (Wildman–Crippen LogP) is -5.37. The van der Waals surface area contributed by atoms with Crippen molar-refractivity contribution in [1.82, 2.24) is 0 Å². The first-order valence-corrected chi connectivity index (χ1v) is 0.894. The number of halogens is 2. The van der Waals surface area contributed by atoms with Gasteiger partial charge in [0.15, 0.2) is 0 Å². The molecule has 0 amide bonds. The third kappa shape index (κ3) is 60.4. The minimum Gasteiger partial charge on any atom is -1.00 e. The van der Waals surface area contributed by atoms with Gasteiger partial charge >= 0.3 is 21.7 Å². The van der Waals surface area contributed by atoms with E-state index in [0.717, 1.165) is 0 Å². The van der Waals surface area contributed by atoms with E-state index >= 15 is 0 Å². The number of nitrogens with zero attached hydrogens (tertiary/aromatic N) is 1. The van der Waals surface area contributed by atoms with E-state index in [0.29, 0.717) is 0 Å². The zero-order chi connectivity index (χ0) is 2.71. The standard InChI is InChI=1S/C2H6N.2ClH.Ti/c1-3-2;;;/h1-2H3;2*1H;/q-1;;;+3/p-2. The molecule has 0 saturated carbocycles. The summed E-state index contributed by atoms with van der Waals surface area (Å²) in [5.41, 5.74) is 0. The zero-order valence-electron chi connectivity index (χ0n) is 3.70. The van der Waals surface area contributed by atoms with E-state index in [9.17, 15) is 0 Å². The Hall–Kier alpha value is 1.25. The summed E-state index contributed by atoms with van der Waals surface area (Å²) in [6.45, 7) is 0. The quantitative estimate of drug-likeness (QED) is 0.316. The normalized spacial score (nSPS) is 3.00. The van der Waals surface area contributed by atoms with Crippen LogP contribution in [-0.2, 0) is 21.7 Å². The van der Waals surface area contributed by atoms with Crippen LogP contribution in [0.2, 0.25) is 0 Å². The predicted molar refractivity (Wildman–Crippen MR) is 15.2 cm³/mol. The molecular weight excluding hydrogens is 157 g/mol. The van der Waals surface area contributed by atoms with Gasteiger partial charge in [-0.2, -0.15) is 14.1 Å². The van der Waals surface area contributed by atoms with Gasteiger partial charge in [-0.1, -0.05) is 0 Å². The molecular formula is C2H6Cl2NTi. The number of rotatable bonds is 0.